The highest BCUT2D eigenvalue weighted by Crippen LogP contribution is 2.35. The maximum absolute atomic E-state index is 13.0. The molecule has 1 N–H and O–H groups in total. The number of likely N-dealkylation sites (tertiary alicyclic amines) is 1. The summed E-state index contributed by atoms with van der Waals surface area (Å²) < 4.78 is 7.37. The summed E-state index contributed by atoms with van der Waals surface area (Å²) in [4.78, 5) is 25.9. The van der Waals surface area contributed by atoms with Crippen LogP contribution < -0.4 is 4.74 Å². The van der Waals surface area contributed by atoms with E-state index in [-0.39, 0.29) is 23.4 Å². The molecule has 1 fully saturated rings. The quantitative estimate of drug-likeness (QED) is 0.913. The SMILES string of the molecule is O=C(O)c1cnn(C2CCN(C(=O)C3CCOc4ccccc43)CC2)c1. The van der Waals surface area contributed by atoms with Crippen LogP contribution in [-0.2, 0) is 4.79 Å². The van der Waals surface area contributed by atoms with Gasteiger partial charge < -0.3 is 14.7 Å². The Balaban J connectivity index is 1.42. The van der Waals surface area contributed by atoms with Crippen LogP contribution >= 0.6 is 0 Å². The minimum atomic E-state index is -0.970. The molecule has 136 valence electrons. The van der Waals surface area contributed by atoms with Crippen LogP contribution in [0.25, 0.3) is 0 Å². The summed E-state index contributed by atoms with van der Waals surface area (Å²) in [5.74, 6) is -0.141. The molecule has 2 aliphatic heterocycles. The highest BCUT2D eigenvalue weighted by atomic mass is 16.5. The number of benzene rings is 1. The van der Waals surface area contributed by atoms with Crippen LogP contribution in [0.4, 0.5) is 0 Å². The third-order valence-corrected chi connectivity index (χ3v) is 5.26. The van der Waals surface area contributed by atoms with Crippen molar-refractivity contribution in [1.29, 1.82) is 0 Å². The van der Waals surface area contributed by atoms with Crippen LogP contribution in [0.5, 0.6) is 5.75 Å². The number of carbonyl (C=O) groups excluding carboxylic acids is 1. The first kappa shape index (κ1) is 16.6. The van der Waals surface area contributed by atoms with Crippen molar-refractivity contribution in [2.24, 2.45) is 0 Å². The number of amides is 1. The molecule has 0 saturated carbocycles. The number of carboxylic acids is 1. The zero-order chi connectivity index (χ0) is 18.1. The van der Waals surface area contributed by atoms with Gasteiger partial charge in [-0.25, -0.2) is 4.79 Å². The fourth-order valence-electron chi connectivity index (χ4n) is 3.82. The second-order valence-electron chi connectivity index (χ2n) is 6.80. The number of ether oxygens (including phenoxy) is 1. The largest absolute Gasteiger partial charge is 0.493 e. The molecule has 1 unspecified atom stereocenters. The van der Waals surface area contributed by atoms with E-state index in [0.717, 1.165) is 24.2 Å². The monoisotopic (exact) mass is 355 g/mol. The maximum atomic E-state index is 13.0. The van der Waals surface area contributed by atoms with Gasteiger partial charge in [0.2, 0.25) is 5.91 Å². The summed E-state index contributed by atoms with van der Waals surface area (Å²) in [5.41, 5.74) is 1.17. The van der Waals surface area contributed by atoms with E-state index < -0.39 is 5.97 Å². The molecular formula is C19H21N3O4. The fraction of sp³-hybridized carbons (Fsp3) is 0.421. The molecule has 0 spiro atoms. The van der Waals surface area contributed by atoms with E-state index in [0.29, 0.717) is 26.1 Å². The van der Waals surface area contributed by atoms with E-state index in [1.54, 1.807) is 10.9 Å². The number of para-hydroxylation sites is 1. The van der Waals surface area contributed by atoms with Gasteiger partial charge in [-0.15, -0.1) is 0 Å². The van der Waals surface area contributed by atoms with Crippen molar-refractivity contribution >= 4 is 11.9 Å². The fourth-order valence-corrected chi connectivity index (χ4v) is 3.82. The minimum absolute atomic E-state index is 0.133. The van der Waals surface area contributed by atoms with Crippen molar-refractivity contribution in [2.75, 3.05) is 19.7 Å². The van der Waals surface area contributed by atoms with Crippen molar-refractivity contribution in [3.63, 3.8) is 0 Å². The normalized spacial score (nSPS) is 20.3. The lowest BCUT2D eigenvalue weighted by Crippen LogP contribution is -2.42. The predicted octanol–water partition coefficient (Wildman–Crippen LogP) is 2.31. The first-order chi connectivity index (χ1) is 12.6. The number of nitrogens with zero attached hydrogens (tertiary/aromatic N) is 3. The van der Waals surface area contributed by atoms with Crippen molar-refractivity contribution in [3.8, 4) is 5.75 Å². The number of hydrogen-bond acceptors (Lipinski definition) is 4. The molecule has 1 aromatic carbocycles. The number of carbonyl (C=O) groups is 2. The Kier molecular flexibility index (Phi) is 4.36. The van der Waals surface area contributed by atoms with Crippen LogP contribution in [0.1, 0.15) is 47.1 Å². The molecule has 1 saturated heterocycles. The van der Waals surface area contributed by atoms with E-state index >= 15 is 0 Å². The maximum Gasteiger partial charge on any atom is 0.338 e. The Morgan fingerprint density at radius 3 is 2.65 bits per heavy atom. The lowest BCUT2D eigenvalue weighted by Gasteiger charge is -2.35. The Morgan fingerprint density at radius 1 is 1.15 bits per heavy atom. The van der Waals surface area contributed by atoms with Gasteiger partial charge in [0, 0.05) is 24.8 Å². The van der Waals surface area contributed by atoms with E-state index in [9.17, 15) is 9.59 Å². The van der Waals surface area contributed by atoms with E-state index in [2.05, 4.69) is 5.10 Å². The van der Waals surface area contributed by atoms with Crippen molar-refractivity contribution in [2.45, 2.75) is 31.2 Å². The smallest absolute Gasteiger partial charge is 0.338 e. The molecular weight excluding hydrogens is 334 g/mol. The molecule has 1 atom stereocenters. The molecule has 0 bridgehead atoms. The lowest BCUT2D eigenvalue weighted by atomic mass is 9.91. The molecule has 1 aromatic heterocycles. The van der Waals surface area contributed by atoms with Gasteiger partial charge in [-0.2, -0.15) is 5.10 Å². The van der Waals surface area contributed by atoms with Crippen LogP contribution in [0.15, 0.2) is 36.7 Å². The molecule has 0 aliphatic carbocycles. The second kappa shape index (κ2) is 6.82. The number of aromatic nitrogens is 2. The molecule has 2 aromatic rings. The minimum Gasteiger partial charge on any atom is -0.493 e. The Morgan fingerprint density at radius 2 is 1.92 bits per heavy atom. The summed E-state index contributed by atoms with van der Waals surface area (Å²) in [6.45, 7) is 1.88. The third kappa shape index (κ3) is 3.05. The van der Waals surface area contributed by atoms with Gasteiger partial charge in [0.15, 0.2) is 0 Å². The van der Waals surface area contributed by atoms with Crippen molar-refractivity contribution in [1.82, 2.24) is 14.7 Å². The molecule has 4 rings (SSSR count). The lowest BCUT2D eigenvalue weighted by molar-refractivity contribution is -0.134. The van der Waals surface area contributed by atoms with Crippen LogP contribution in [0.2, 0.25) is 0 Å². The molecule has 1 amide bonds. The van der Waals surface area contributed by atoms with Crippen LogP contribution in [0.3, 0.4) is 0 Å². The number of fused-ring (bicyclic) bond motifs is 1. The molecule has 2 aliphatic rings. The second-order valence-corrected chi connectivity index (χ2v) is 6.80. The Labute approximate surface area is 151 Å². The van der Waals surface area contributed by atoms with E-state index in [4.69, 9.17) is 9.84 Å². The van der Waals surface area contributed by atoms with Gasteiger partial charge in [0.1, 0.15) is 5.75 Å². The standard InChI is InChI=1S/C19H21N3O4/c23-18(16-7-10-26-17-4-2-1-3-15(16)17)21-8-5-14(6-9-21)22-12-13(11-20-22)19(24)25/h1-4,11-12,14,16H,5-10H2,(H,24,25). The van der Waals surface area contributed by atoms with Gasteiger partial charge >= 0.3 is 5.97 Å². The van der Waals surface area contributed by atoms with E-state index in [1.807, 2.05) is 29.2 Å². The third-order valence-electron chi connectivity index (χ3n) is 5.26. The van der Waals surface area contributed by atoms with Crippen molar-refractivity contribution in [3.05, 3.63) is 47.8 Å². The Bertz CT molecular complexity index is 824. The van der Waals surface area contributed by atoms with Gasteiger partial charge in [-0.05, 0) is 25.3 Å². The average Bonchev–Trinajstić information content (AvgIpc) is 3.18. The van der Waals surface area contributed by atoms with Gasteiger partial charge in [0.05, 0.1) is 30.3 Å². The summed E-state index contributed by atoms with van der Waals surface area (Å²) >= 11 is 0. The average molecular weight is 355 g/mol. The van der Waals surface area contributed by atoms with E-state index in [1.165, 1.54) is 6.20 Å². The highest BCUT2D eigenvalue weighted by molar-refractivity contribution is 5.87. The zero-order valence-electron chi connectivity index (χ0n) is 14.4. The summed E-state index contributed by atoms with van der Waals surface area (Å²) in [6, 6.07) is 7.89. The molecule has 0 radical (unpaired) electrons. The molecule has 26 heavy (non-hydrogen) atoms. The van der Waals surface area contributed by atoms with Gasteiger partial charge in [-0.3, -0.25) is 9.48 Å². The zero-order valence-corrected chi connectivity index (χ0v) is 14.4. The first-order valence-electron chi connectivity index (χ1n) is 8.91. The molecule has 7 heteroatoms. The molecule has 7 nitrogen and oxygen atoms in total. The van der Waals surface area contributed by atoms with Crippen molar-refractivity contribution < 1.29 is 19.4 Å². The summed E-state index contributed by atoms with van der Waals surface area (Å²) in [7, 11) is 0. The summed E-state index contributed by atoms with van der Waals surface area (Å²) in [6.07, 6.45) is 5.20. The van der Waals surface area contributed by atoms with Crippen LogP contribution in [0, 0.1) is 0 Å². The van der Waals surface area contributed by atoms with Gasteiger partial charge in [-0.1, -0.05) is 18.2 Å². The first-order valence-corrected chi connectivity index (χ1v) is 8.91. The number of aromatic carboxylic acids is 1. The summed E-state index contributed by atoms with van der Waals surface area (Å²) in [5, 5.41) is 13.2. The molecule has 3 heterocycles. The number of hydrogen-bond donors (Lipinski definition) is 1. The van der Waals surface area contributed by atoms with Gasteiger partial charge in [0.25, 0.3) is 0 Å². The topological polar surface area (TPSA) is 84.7 Å². The predicted molar refractivity (Wildman–Crippen MR) is 93.3 cm³/mol. The number of rotatable bonds is 3. The Hall–Kier alpha value is -2.83. The van der Waals surface area contributed by atoms with Crippen LogP contribution in [-0.4, -0.2) is 51.4 Å². The highest BCUT2D eigenvalue weighted by Gasteiger charge is 2.33. The number of carboxylic acid groups (broad SMARTS) is 1. The number of piperidine rings is 1.